The molecule has 2 aromatic carbocycles. The molecule has 1 amide bonds. The zero-order valence-corrected chi connectivity index (χ0v) is 17.3. The van der Waals surface area contributed by atoms with Crippen molar-refractivity contribution in [2.75, 3.05) is 24.2 Å². The van der Waals surface area contributed by atoms with Gasteiger partial charge < -0.3 is 14.6 Å². The van der Waals surface area contributed by atoms with E-state index in [-0.39, 0.29) is 11.7 Å². The second kappa shape index (κ2) is 9.24. The highest BCUT2D eigenvalue weighted by molar-refractivity contribution is 7.99. The van der Waals surface area contributed by atoms with E-state index < -0.39 is 0 Å². The Balaban J connectivity index is 1.27. The van der Waals surface area contributed by atoms with E-state index in [0.717, 1.165) is 23.4 Å². The third-order valence-electron chi connectivity index (χ3n) is 5.00. The van der Waals surface area contributed by atoms with E-state index in [9.17, 15) is 4.79 Å². The molecular weight excluding hydrogens is 384 g/mol. The summed E-state index contributed by atoms with van der Waals surface area (Å²) in [4.78, 5) is 13.9. The van der Waals surface area contributed by atoms with Crippen molar-refractivity contribution in [2.45, 2.75) is 31.5 Å². The van der Waals surface area contributed by atoms with Crippen LogP contribution in [-0.2, 0) is 11.3 Å². The van der Waals surface area contributed by atoms with E-state index in [1.165, 1.54) is 43.3 Å². The van der Waals surface area contributed by atoms with Crippen molar-refractivity contribution in [1.82, 2.24) is 10.2 Å². The van der Waals surface area contributed by atoms with Gasteiger partial charge in [0.2, 0.25) is 11.8 Å². The predicted molar refractivity (Wildman–Crippen MR) is 114 cm³/mol. The van der Waals surface area contributed by atoms with Crippen LogP contribution < -0.4 is 10.2 Å². The Labute approximate surface area is 174 Å². The van der Waals surface area contributed by atoms with Crippen molar-refractivity contribution in [3.63, 3.8) is 0 Å². The van der Waals surface area contributed by atoms with Crippen LogP contribution in [0.5, 0.6) is 0 Å². The molecule has 0 spiro atoms. The molecule has 0 radical (unpaired) electrons. The van der Waals surface area contributed by atoms with Gasteiger partial charge in [-0.05, 0) is 31.2 Å². The molecule has 0 aliphatic carbocycles. The average Bonchev–Trinajstić information content (AvgIpc) is 3.40. The predicted octanol–water partition coefficient (Wildman–Crippen LogP) is 2.95. The lowest BCUT2D eigenvalue weighted by molar-refractivity contribution is -0.901. The summed E-state index contributed by atoms with van der Waals surface area (Å²) in [7, 11) is 0. The van der Waals surface area contributed by atoms with E-state index in [1.54, 1.807) is 4.90 Å². The molecule has 1 saturated heterocycles. The molecule has 29 heavy (non-hydrogen) atoms. The number of nitrogens with one attached hydrogen (secondary N) is 2. The fraction of sp³-hybridized carbons (Fsp3) is 0.318. The quantitative estimate of drug-likeness (QED) is 0.587. The van der Waals surface area contributed by atoms with Gasteiger partial charge in [-0.1, -0.05) is 41.6 Å². The molecule has 3 aromatic rings. The van der Waals surface area contributed by atoms with Crippen LogP contribution >= 0.6 is 11.8 Å². The second-order valence-electron chi connectivity index (χ2n) is 7.41. The van der Waals surface area contributed by atoms with Gasteiger partial charge in [0.1, 0.15) is 6.54 Å². The van der Waals surface area contributed by atoms with Crippen molar-refractivity contribution in [3.8, 4) is 11.5 Å². The smallest absolute Gasteiger partial charge is 0.277 e. The summed E-state index contributed by atoms with van der Waals surface area (Å²) in [5.74, 6) is 0.588. The number of nitrogens with zero attached hydrogens (tertiary/aromatic N) is 2. The largest absolute Gasteiger partial charge is 0.411 e. The molecule has 7 heteroatoms. The SMILES string of the molecule is Cc1cccc(-c2nnc(SCC(=O)Nc3ccc(C[NH+]4CCCC4)cc3)o2)c1. The van der Waals surface area contributed by atoms with Gasteiger partial charge in [0.25, 0.3) is 5.22 Å². The summed E-state index contributed by atoms with van der Waals surface area (Å²) in [6.07, 6.45) is 2.65. The zero-order chi connectivity index (χ0) is 20.1. The van der Waals surface area contributed by atoms with Crippen molar-refractivity contribution >= 4 is 23.4 Å². The molecule has 1 aliphatic rings. The molecule has 2 N–H and O–H groups in total. The van der Waals surface area contributed by atoms with E-state index in [2.05, 4.69) is 27.6 Å². The third-order valence-corrected chi connectivity index (χ3v) is 5.82. The monoisotopic (exact) mass is 409 g/mol. The molecule has 150 valence electrons. The van der Waals surface area contributed by atoms with Crippen molar-refractivity contribution < 1.29 is 14.1 Å². The summed E-state index contributed by atoms with van der Waals surface area (Å²) >= 11 is 1.24. The molecule has 0 atom stereocenters. The maximum atomic E-state index is 12.2. The van der Waals surface area contributed by atoms with Gasteiger partial charge in [-0.3, -0.25) is 4.79 Å². The molecule has 1 fully saturated rings. The Morgan fingerprint density at radius 2 is 1.93 bits per heavy atom. The van der Waals surface area contributed by atoms with Gasteiger partial charge in [-0.2, -0.15) is 0 Å². The van der Waals surface area contributed by atoms with Crippen LogP contribution in [0, 0.1) is 6.92 Å². The van der Waals surface area contributed by atoms with Crippen LogP contribution in [0.1, 0.15) is 24.0 Å². The highest BCUT2D eigenvalue weighted by atomic mass is 32.2. The van der Waals surface area contributed by atoms with Gasteiger partial charge >= 0.3 is 0 Å². The molecule has 0 bridgehead atoms. The maximum absolute atomic E-state index is 12.2. The number of hydrogen-bond donors (Lipinski definition) is 2. The maximum Gasteiger partial charge on any atom is 0.277 e. The molecule has 0 unspecified atom stereocenters. The Morgan fingerprint density at radius 3 is 2.69 bits per heavy atom. The lowest BCUT2D eigenvalue weighted by Crippen LogP contribution is -3.08. The second-order valence-corrected chi connectivity index (χ2v) is 8.34. The van der Waals surface area contributed by atoms with Crippen LogP contribution in [0.4, 0.5) is 5.69 Å². The summed E-state index contributed by atoms with van der Waals surface area (Å²) < 4.78 is 5.66. The average molecular weight is 410 g/mol. The number of thioether (sulfide) groups is 1. The van der Waals surface area contributed by atoms with Crippen molar-refractivity contribution in [2.24, 2.45) is 0 Å². The van der Waals surface area contributed by atoms with Crippen molar-refractivity contribution in [3.05, 3.63) is 59.7 Å². The van der Waals surface area contributed by atoms with E-state index in [4.69, 9.17) is 4.42 Å². The molecule has 1 aliphatic heterocycles. The van der Waals surface area contributed by atoms with Gasteiger partial charge in [0, 0.05) is 29.7 Å². The van der Waals surface area contributed by atoms with Crippen LogP contribution in [-0.4, -0.2) is 34.9 Å². The first-order chi connectivity index (χ1) is 14.2. The fourth-order valence-corrected chi connectivity index (χ4v) is 4.10. The summed E-state index contributed by atoms with van der Waals surface area (Å²) in [6.45, 7) is 5.60. The van der Waals surface area contributed by atoms with Crippen LogP contribution in [0.25, 0.3) is 11.5 Å². The Hall–Kier alpha value is -2.64. The minimum atomic E-state index is -0.0942. The number of aryl methyl sites for hydroxylation is 1. The fourth-order valence-electron chi connectivity index (χ4n) is 3.53. The molecule has 1 aromatic heterocycles. The number of hydrogen-bond acceptors (Lipinski definition) is 5. The number of likely N-dealkylation sites (tertiary alicyclic amines) is 1. The Kier molecular flexibility index (Phi) is 6.27. The van der Waals surface area contributed by atoms with E-state index in [1.807, 2.05) is 43.3 Å². The molecule has 2 heterocycles. The minimum absolute atomic E-state index is 0.0942. The summed E-state index contributed by atoms with van der Waals surface area (Å²) in [5, 5.41) is 11.4. The lowest BCUT2D eigenvalue weighted by Gasteiger charge is -2.12. The number of aromatic nitrogens is 2. The van der Waals surface area contributed by atoms with Gasteiger partial charge in [-0.15, -0.1) is 10.2 Å². The number of carbonyl (C=O) groups is 1. The third kappa shape index (κ3) is 5.46. The zero-order valence-electron chi connectivity index (χ0n) is 16.5. The number of rotatable bonds is 7. The molecule has 4 rings (SSSR count). The molecular formula is C22H25N4O2S+. The molecule has 0 saturated carbocycles. The van der Waals surface area contributed by atoms with Crippen LogP contribution in [0.2, 0.25) is 0 Å². The number of amides is 1. The number of carbonyl (C=O) groups excluding carboxylic acids is 1. The Morgan fingerprint density at radius 1 is 1.14 bits per heavy atom. The highest BCUT2D eigenvalue weighted by Gasteiger charge is 2.15. The Bertz CT molecular complexity index is 965. The van der Waals surface area contributed by atoms with Gasteiger partial charge in [-0.25, -0.2) is 0 Å². The first-order valence-corrected chi connectivity index (χ1v) is 10.9. The van der Waals surface area contributed by atoms with Crippen molar-refractivity contribution in [1.29, 1.82) is 0 Å². The van der Waals surface area contributed by atoms with Gasteiger partial charge in [0.15, 0.2) is 0 Å². The van der Waals surface area contributed by atoms with E-state index in [0.29, 0.717) is 11.1 Å². The standard InChI is InChI=1S/C22H24N4O2S/c1-16-5-4-6-18(13-16)21-24-25-22(28-21)29-15-20(27)23-19-9-7-17(8-10-19)14-26-11-2-3-12-26/h4-10,13H,2-3,11-12,14-15H2,1H3,(H,23,27)/p+1. The summed E-state index contributed by atoms with van der Waals surface area (Å²) in [6, 6.07) is 16.0. The molecule has 6 nitrogen and oxygen atoms in total. The number of quaternary nitrogens is 1. The minimum Gasteiger partial charge on any atom is -0.411 e. The van der Waals surface area contributed by atoms with E-state index >= 15 is 0 Å². The summed E-state index contributed by atoms with van der Waals surface area (Å²) in [5.41, 5.74) is 4.12. The first kappa shape index (κ1) is 19.7. The highest BCUT2D eigenvalue weighted by Crippen LogP contribution is 2.24. The van der Waals surface area contributed by atoms with Gasteiger partial charge in [0.05, 0.1) is 18.8 Å². The van der Waals surface area contributed by atoms with Crippen LogP contribution in [0.15, 0.2) is 58.2 Å². The number of benzene rings is 2. The lowest BCUT2D eigenvalue weighted by atomic mass is 10.1. The van der Waals surface area contributed by atoms with Crippen LogP contribution in [0.3, 0.4) is 0 Å². The normalized spacial score (nSPS) is 14.2. The number of anilines is 1. The topological polar surface area (TPSA) is 72.5 Å². The first-order valence-electron chi connectivity index (χ1n) is 9.91.